The number of nitrogens with zero attached hydrogens (tertiary/aromatic N) is 2. The Labute approximate surface area is 80.7 Å². The Morgan fingerprint density at radius 3 is 2.92 bits per heavy atom. The molecular formula is C7H10ClN5. The van der Waals surface area contributed by atoms with E-state index in [2.05, 4.69) is 20.7 Å². The molecule has 2 rings (SSSR count). The molecule has 0 atom stereocenters. The number of nitrogen functional groups attached to an aromatic ring is 1. The molecule has 0 amide bonds. The fraction of sp³-hybridized carbons (Fsp3) is 0.429. The summed E-state index contributed by atoms with van der Waals surface area (Å²) >= 11 is 5.87. The molecule has 1 saturated carbocycles. The number of anilines is 2. The average molecular weight is 200 g/mol. The van der Waals surface area contributed by atoms with Gasteiger partial charge in [0.05, 0.1) is 6.20 Å². The van der Waals surface area contributed by atoms with Gasteiger partial charge in [0.15, 0.2) is 5.82 Å². The summed E-state index contributed by atoms with van der Waals surface area (Å²) in [6.07, 6.45) is 3.87. The maximum absolute atomic E-state index is 5.87. The number of nitrogens with one attached hydrogen (secondary N) is 2. The first-order valence-electron chi connectivity index (χ1n) is 4.05. The van der Waals surface area contributed by atoms with Crippen LogP contribution < -0.4 is 16.6 Å². The third kappa shape index (κ3) is 1.99. The summed E-state index contributed by atoms with van der Waals surface area (Å²) in [5.41, 5.74) is 2.37. The molecule has 13 heavy (non-hydrogen) atoms. The van der Waals surface area contributed by atoms with Crippen LogP contribution in [0.25, 0.3) is 0 Å². The molecule has 4 N–H and O–H groups in total. The molecule has 1 heterocycles. The van der Waals surface area contributed by atoms with E-state index in [9.17, 15) is 0 Å². The zero-order chi connectivity index (χ0) is 9.26. The van der Waals surface area contributed by atoms with Gasteiger partial charge in [-0.3, -0.25) is 5.43 Å². The molecule has 1 fully saturated rings. The molecule has 6 heteroatoms. The van der Waals surface area contributed by atoms with Gasteiger partial charge in [0.2, 0.25) is 5.95 Å². The van der Waals surface area contributed by atoms with Crippen LogP contribution in [0.5, 0.6) is 0 Å². The van der Waals surface area contributed by atoms with E-state index in [-0.39, 0.29) is 0 Å². The van der Waals surface area contributed by atoms with Gasteiger partial charge in [-0.25, -0.2) is 10.8 Å². The van der Waals surface area contributed by atoms with Crippen LogP contribution in [0.1, 0.15) is 12.8 Å². The van der Waals surface area contributed by atoms with Crippen molar-refractivity contribution in [3.05, 3.63) is 11.2 Å². The van der Waals surface area contributed by atoms with Gasteiger partial charge in [0.1, 0.15) is 5.02 Å². The van der Waals surface area contributed by atoms with Crippen LogP contribution in [-0.4, -0.2) is 16.0 Å². The van der Waals surface area contributed by atoms with Crippen molar-refractivity contribution >= 4 is 23.4 Å². The number of aromatic nitrogens is 2. The van der Waals surface area contributed by atoms with Crippen LogP contribution in [0.2, 0.25) is 5.02 Å². The highest BCUT2D eigenvalue weighted by Gasteiger charge is 2.22. The summed E-state index contributed by atoms with van der Waals surface area (Å²) in [6.45, 7) is 0. The smallest absolute Gasteiger partial charge is 0.239 e. The topological polar surface area (TPSA) is 75.9 Å². The lowest BCUT2D eigenvalue weighted by atomic mass is 10.5. The third-order valence-electron chi connectivity index (χ3n) is 1.79. The Morgan fingerprint density at radius 1 is 1.54 bits per heavy atom. The second kappa shape index (κ2) is 3.35. The van der Waals surface area contributed by atoms with E-state index in [4.69, 9.17) is 17.4 Å². The van der Waals surface area contributed by atoms with Crippen molar-refractivity contribution in [1.29, 1.82) is 0 Å². The van der Waals surface area contributed by atoms with Gasteiger partial charge in [0.25, 0.3) is 0 Å². The molecule has 5 nitrogen and oxygen atoms in total. The predicted octanol–water partition coefficient (Wildman–Crippen LogP) is 0.990. The van der Waals surface area contributed by atoms with E-state index in [1.807, 2.05) is 0 Å². The number of hydrazine groups is 1. The van der Waals surface area contributed by atoms with Crippen LogP contribution in [0, 0.1) is 0 Å². The number of nitrogens with two attached hydrogens (primary N) is 1. The lowest BCUT2D eigenvalue weighted by molar-refractivity contribution is 1.07. The van der Waals surface area contributed by atoms with Crippen molar-refractivity contribution in [2.75, 3.05) is 10.7 Å². The monoisotopic (exact) mass is 199 g/mol. The van der Waals surface area contributed by atoms with Crippen LogP contribution in [0.4, 0.5) is 11.8 Å². The van der Waals surface area contributed by atoms with Gasteiger partial charge in [0, 0.05) is 6.04 Å². The maximum atomic E-state index is 5.87. The van der Waals surface area contributed by atoms with Gasteiger partial charge < -0.3 is 5.32 Å². The van der Waals surface area contributed by atoms with Gasteiger partial charge in [-0.2, -0.15) is 4.98 Å². The Hall–Kier alpha value is -1.07. The summed E-state index contributed by atoms with van der Waals surface area (Å²) in [5.74, 6) is 6.18. The van der Waals surface area contributed by atoms with Gasteiger partial charge in [-0.05, 0) is 12.8 Å². The van der Waals surface area contributed by atoms with Crippen LogP contribution in [0.3, 0.4) is 0 Å². The number of halogens is 1. The summed E-state index contributed by atoms with van der Waals surface area (Å²) in [4.78, 5) is 7.95. The highest BCUT2D eigenvalue weighted by Crippen LogP contribution is 2.27. The van der Waals surface area contributed by atoms with E-state index in [0.717, 1.165) is 0 Å². The molecule has 0 saturated heterocycles. The molecule has 1 aliphatic carbocycles. The molecule has 70 valence electrons. The van der Waals surface area contributed by atoms with E-state index < -0.39 is 0 Å². The Kier molecular flexibility index (Phi) is 2.20. The molecule has 0 spiro atoms. The van der Waals surface area contributed by atoms with Gasteiger partial charge >= 0.3 is 0 Å². The van der Waals surface area contributed by atoms with Crippen LogP contribution >= 0.6 is 11.6 Å². The van der Waals surface area contributed by atoms with Crippen molar-refractivity contribution in [2.24, 2.45) is 5.84 Å². The quantitative estimate of drug-likeness (QED) is 0.500. The largest absolute Gasteiger partial charge is 0.366 e. The molecule has 0 aromatic carbocycles. The minimum Gasteiger partial charge on any atom is -0.366 e. The number of hydrogen-bond acceptors (Lipinski definition) is 5. The van der Waals surface area contributed by atoms with E-state index in [0.29, 0.717) is 22.8 Å². The van der Waals surface area contributed by atoms with Crippen LogP contribution in [0.15, 0.2) is 6.20 Å². The van der Waals surface area contributed by atoms with Crippen molar-refractivity contribution in [3.63, 3.8) is 0 Å². The molecule has 1 aromatic rings. The summed E-state index contributed by atoms with van der Waals surface area (Å²) in [7, 11) is 0. The summed E-state index contributed by atoms with van der Waals surface area (Å²) in [6, 6.07) is 0.512. The first-order valence-corrected chi connectivity index (χ1v) is 4.43. The zero-order valence-electron chi connectivity index (χ0n) is 6.92. The Morgan fingerprint density at radius 2 is 2.31 bits per heavy atom. The molecule has 0 radical (unpaired) electrons. The van der Waals surface area contributed by atoms with Crippen molar-refractivity contribution in [3.8, 4) is 0 Å². The Balaban J connectivity index is 2.19. The second-order valence-electron chi connectivity index (χ2n) is 2.95. The molecule has 1 aromatic heterocycles. The first kappa shape index (κ1) is 8.52. The predicted molar refractivity (Wildman–Crippen MR) is 51.5 cm³/mol. The lowest BCUT2D eigenvalue weighted by Gasteiger charge is -2.06. The fourth-order valence-corrected chi connectivity index (χ4v) is 1.10. The van der Waals surface area contributed by atoms with E-state index in [1.54, 1.807) is 0 Å². The van der Waals surface area contributed by atoms with Gasteiger partial charge in [-0.15, -0.1) is 0 Å². The van der Waals surface area contributed by atoms with Gasteiger partial charge in [-0.1, -0.05) is 11.6 Å². The molecule has 0 bridgehead atoms. The molecular weight excluding hydrogens is 190 g/mol. The number of hydrogen-bond donors (Lipinski definition) is 3. The van der Waals surface area contributed by atoms with E-state index in [1.165, 1.54) is 19.0 Å². The number of rotatable bonds is 3. The zero-order valence-corrected chi connectivity index (χ0v) is 7.67. The first-order chi connectivity index (χ1) is 6.29. The SMILES string of the molecule is NNc1ncc(Cl)c(NC2CC2)n1. The third-order valence-corrected chi connectivity index (χ3v) is 2.07. The average Bonchev–Trinajstić information content (AvgIpc) is 2.93. The Bertz CT molecular complexity index is 312. The lowest BCUT2D eigenvalue weighted by Crippen LogP contribution is -2.12. The summed E-state index contributed by atoms with van der Waals surface area (Å²) < 4.78 is 0. The van der Waals surface area contributed by atoms with Crippen molar-refractivity contribution in [1.82, 2.24) is 9.97 Å². The summed E-state index contributed by atoms with van der Waals surface area (Å²) in [5, 5.41) is 3.70. The molecule has 1 aliphatic rings. The minimum absolute atomic E-state index is 0.368. The van der Waals surface area contributed by atoms with E-state index >= 15 is 0 Å². The van der Waals surface area contributed by atoms with Crippen LogP contribution in [-0.2, 0) is 0 Å². The van der Waals surface area contributed by atoms with Crippen molar-refractivity contribution < 1.29 is 0 Å². The molecule has 0 unspecified atom stereocenters. The second-order valence-corrected chi connectivity index (χ2v) is 3.36. The fourth-order valence-electron chi connectivity index (χ4n) is 0.959. The minimum atomic E-state index is 0.368. The standard InChI is InChI=1S/C7H10ClN5/c8-5-3-10-7(13-9)12-6(5)11-4-1-2-4/h3-4H,1-2,9H2,(H2,10,11,12,13). The van der Waals surface area contributed by atoms with Crippen molar-refractivity contribution in [2.45, 2.75) is 18.9 Å². The molecule has 0 aliphatic heterocycles. The highest BCUT2D eigenvalue weighted by molar-refractivity contribution is 6.32. The highest BCUT2D eigenvalue weighted by atomic mass is 35.5. The maximum Gasteiger partial charge on any atom is 0.239 e. The normalized spacial score (nSPS) is 15.5.